The third-order valence-electron chi connectivity index (χ3n) is 5.96. The average Bonchev–Trinajstić information content (AvgIpc) is 2.84. The number of anilines is 2. The standard InChI is InChI=1S/C22H21F4N3O2/c23-15-8-6-14(7-9-15)21(10-3-11-21)27-13-20(31)29-17-5-2-1-4-16(17)28-19(30)12-18(29)22(24,25)26/h1-2,4-9,18,27H,3,10-13H2,(H,28,30)/t18-/m1/s1. The minimum atomic E-state index is -4.78. The van der Waals surface area contributed by atoms with Crippen LogP contribution in [0.5, 0.6) is 0 Å². The van der Waals surface area contributed by atoms with E-state index >= 15 is 0 Å². The van der Waals surface area contributed by atoms with Crippen LogP contribution >= 0.6 is 0 Å². The number of hydrogen-bond donors (Lipinski definition) is 2. The number of nitrogens with zero attached hydrogens (tertiary/aromatic N) is 1. The second kappa shape index (κ2) is 7.96. The van der Waals surface area contributed by atoms with Gasteiger partial charge in [0.25, 0.3) is 0 Å². The summed E-state index contributed by atoms with van der Waals surface area (Å²) < 4.78 is 54.8. The Balaban J connectivity index is 1.62. The molecule has 1 heterocycles. The second-order valence-electron chi connectivity index (χ2n) is 7.89. The summed E-state index contributed by atoms with van der Waals surface area (Å²) in [5.74, 6) is -1.99. The molecule has 1 aliphatic heterocycles. The third kappa shape index (κ3) is 4.14. The molecule has 1 aliphatic carbocycles. The van der Waals surface area contributed by atoms with E-state index < -0.39 is 36.0 Å². The smallest absolute Gasteiger partial charge is 0.324 e. The monoisotopic (exact) mass is 435 g/mol. The lowest BCUT2D eigenvalue weighted by Crippen LogP contribution is -2.56. The molecule has 2 aliphatic rings. The molecule has 2 N–H and O–H groups in total. The van der Waals surface area contributed by atoms with Crippen LogP contribution in [0.1, 0.15) is 31.2 Å². The minimum Gasteiger partial charge on any atom is -0.324 e. The van der Waals surface area contributed by atoms with Crippen molar-refractivity contribution in [2.45, 2.75) is 43.4 Å². The van der Waals surface area contributed by atoms with Crippen molar-refractivity contribution < 1.29 is 27.2 Å². The molecule has 1 atom stereocenters. The molecule has 164 valence electrons. The summed E-state index contributed by atoms with van der Waals surface area (Å²) in [6.07, 6.45) is -3.41. The predicted octanol–water partition coefficient (Wildman–Crippen LogP) is 4.10. The van der Waals surface area contributed by atoms with Gasteiger partial charge < -0.3 is 5.32 Å². The van der Waals surface area contributed by atoms with Gasteiger partial charge in [-0.05, 0) is 49.1 Å². The summed E-state index contributed by atoms with van der Waals surface area (Å²) >= 11 is 0. The number of fused-ring (bicyclic) bond motifs is 1. The highest BCUT2D eigenvalue weighted by Gasteiger charge is 2.49. The van der Waals surface area contributed by atoms with Crippen molar-refractivity contribution in [2.24, 2.45) is 0 Å². The molecule has 4 rings (SSSR count). The molecule has 1 saturated carbocycles. The lowest BCUT2D eigenvalue weighted by Gasteiger charge is -2.44. The van der Waals surface area contributed by atoms with E-state index in [4.69, 9.17) is 0 Å². The van der Waals surface area contributed by atoms with Gasteiger partial charge in [0.1, 0.15) is 11.9 Å². The van der Waals surface area contributed by atoms with E-state index in [1.54, 1.807) is 18.2 Å². The van der Waals surface area contributed by atoms with Gasteiger partial charge in [0.15, 0.2) is 0 Å². The Labute approximate surface area is 176 Å². The van der Waals surface area contributed by atoms with Crippen LogP contribution in [0, 0.1) is 5.82 Å². The fourth-order valence-corrected chi connectivity index (χ4v) is 4.19. The van der Waals surface area contributed by atoms with Crippen LogP contribution in [0.25, 0.3) is 0 Å². The van der Waals surface area contributed by atoms with Crippen LogP contribution in [0.3, 0.4) is 0 Å². The fraction of sp³-hybridized carbons (Fsp3) is 0.364. The number of alkyl halides is 3. The maximum Gasteiger partial charge on any atom is 0.409 e. The SMILES string of the molecule is O=C1C[C@H](C(F)(F)F)N(C(=O)CNC2(c3ccc(F)cc3)CCC2)c2ccccc2N1. The maximum atomic E-state index is 13.8. The molecule has 0 unspecified atom stereocenters. The largest absolute Gasteiger partial charge is 0.409 e. The molecule has 5 nitrogen and oxygen atoms in total. The van der Waals surface area contributed by atoms with E-state index in [-0.39, 0.29) is 23.7 Å². The topological polar surface area (TPSA) is 61.4 Å². The third-order valence-corrected chi connectivity index (χ3v) is 5.96. The normalized spacial score (nSPS) is 20.3. The first-order chi connectivity index (χ1) is 14.7. The molecule has 0 aromatic heterocycles. The van der Waals surface area contributed by atoms with Crippen molar-refractivity contribution in [1.82, 2.24) is 5.32 Å². The molecule has 1 fully saturated rings. The van der Waals surface area contributed by atoms with Crippen molar-refractivity contribution in [2.75, 3.05) is 16.8 Å². The highest BCUT2D eigenvalue weighted by molar-refractivity contribution is 6.05. The molecule has 2 aromatic rings. The van der Waals surface area contributed by atoms with Crippen LogP contribution in [0.2, 0.25) is 0 Å². The summed E-state index contributed by atoms with van der Waals surface area (Å²) in [4.78, 5) is 25.8. The summed E-state index contributed by atoms with van der Waals surface area (Å²) in [6, 6.07) is 9.55. The van der Waals surface area contributed by atoms with Gasteiger partial charge in [-0.1, -0.05) is 24.3 Å². The van der Waals surface area contributed by atoms with Gasteiger partial charge in [-0.3, -0.25) is 19.8 Å². The van der Waals surface area contributed by atoms with Gasteiger partial charge in [-0.2, -0.15) is 13.2 Å². The molecule has 0 saturated heterocycles. The van der Waals surface area contributed by atoms with E-state index in [1.807, 2.05) is 0 Å². The number of nitrogens with one attached hydrogen (secondary N) is 2. The number of hydrogen-bond acceptors (Lipinski definition) is 3. The molecule has 9 heteroatoms. The highest BCUT2D eigenvalue weighted by Crippen LogP contribution is 2.42. The van der Waals surface area contributed by atoms with Crippen LogP contribution in [0.4, 0.5) is 28.9 Å². The number of carbonyl (C=O) groups excluding carboxylic acids is 2. The van der Waals surface area contributed by atoms with Crippen molar-refractivity contribution in [3.05, 3.63) is 59.9 Å². The molecule has 0 bridgehead atoms. The van der Waals surface area contributed by atoms with Gasteiger partial charge in [-0.15, -0.1) is 0 Å². The van der Waals surface area contributed by atoms with Gasteiger partial charge in [0, 0.05) is 5.54 Å². The number of para-hydroxylation sites is 2. The zero-order valence-electron chi connectivity index (χ0n) is 16.5. The molecule has 2 amide bonds. The molecule has 0 spiro atoms. The Hall–Kier alpha value is -2.94. The number of halogens is 4. The summed E-state index contributed by atoms with van der Waals surface area (Å²) in [5.41, 5.74) is 0.362. The van der Waals surface area contributed by atoms with Gasteiger partial charge in [-0.25, -0.2) is 4.39 Å². The number of carbonyl (C=O) groups is 2. The first-order valence-corrected chi connectivity index (χ1v) is 9.98. The Bertz CT molecular complexity index is 987. The van der Waals surface area contributed by atoms with E-state index in [1.165, 1.54) is 30.3 Å². The van der Waals surface area contributed by atoms with Crippen LogP contribution in [0.15, 0.2) is 48.5 Å². The summed E-state index contributed by atoms with van der Waals surface area (Å²) in [5, 5.41) is 5.56. The lowest BCUT2D eigenvalue weighted by molar-refractivity contribution is -0.157. The van der Waals surface area contributed by atoms with Gasteiger partial charge in [0.05, 0.1) is 24.3 Å². The minimum absolute atomic E-state index is 0.00640. The van der Waals surface area contributed by atoms with E-state index in [2.05, 4.69) is 10.6 Å². The van der Waals surface area contributed by atoms with Crippen LogP contribution in [-0.2, 0) is 15.1 Å². The molecule has 31 heavy (non-hydrogen) atoms. The number of benzene rings is 2. The Morgan fingerprint density at radius 1 is 1.13 bits per heavy atom. The Morgan fingerprint density at radius 3 is 2.42 bits per heavy atom. The molecule has 0 radical (unpaired) electrons. The van der Waals surface area contributed by atoms with Crippen LogP contribution < -0.4 is 15.5 Å². The average molecular weight is 435 g/mol. The van der Waals surface area contributed by atoms with Crippen molar-refractivity contribution in [3.8, 4) is 0 Å². The quantitative estimate of drug-likeness (QED) is 0.711. The lowest BCUT2D eigenvalue weighted by atomic mass is 9.72. The molecular weight excluding hydrogens is 414 g/mol. The van der Waals surface area contributed by atoms with E-state index in [0.29, 0.717) is 17.7 Å². The molecule has 2 aromatic carbocycles. The molecular formula is C22H21F4N3O2. The van der Waals surface area contributed by atoms with E-state index in [0.717, 1.165) is 12.0 Å². The Morgan fingerprint density at radius 2 is 1.81 bits per heavy atom. The zero-order chi connectivity index (χ0) is 22.2. The zero-order valence-corrected chi connectivity index (χ0v) is 16.5. The maximum absolute atomic E-state index is 13.8. The Kier molecular flexibility index (Phi) is 5.47. The predicted molar refractivity (Wildman–Crippen MR) is 107 cm³/mol. The number of rotatable bonds is 4. The first kappa shape index (κ1) is 21.3. The summed E-state index contributed by atoms with van der Waals surface area (Å²) in [7, 11) is 0. The van der Waals surface area contributed by atoms with Gasteiger partial charge >= 0.3 is 6.18 Å². The second-order valence-corrected chi connectivity index (χ2v) is 7.89. The van der Waals surface area contributed by atoms with Crippen LogP contribution in [-0.4, -0.2) is 30.6 Å². The van der Waals surface area contributed by atoms with E-state index in [9.17, 15) is 27.2 Å². The fourth-order valence-electron chi connectivity index (χ4n) is 4.19. The first-order valence-electron chi connectivity index (χ1n) is 9.98. The number of amides is 2. The van der Waals surface area contributed by atoms with Crippen molar-refractivity contribution in [3.63, 3.8) is 0 Å². The van der Waals surface area contributed by atoms with Crippen molar-refractivity contribution >= 4 is 23.2 Å². The van der Waals surface area contributed by atoms with Gasteiger partial charge in [0.2, 0.25) is 11.8 Å². The summed E-state index contributed by atoms with van der Waals surface area (Å²) in [6.45, 7) is -0.355. The highest BCUT2D eigenvalue weighted by atomic mass is 19.4. The van der Waals surface area contributed by atoms with Crippen molar-refractivity contribution in [1.29, 1.82) is 0 Å².